The monoisotopic (exact) mass is 456 g/mol. The third-order valence-electron chi connectivity index (χ3n) is 5.18. The van der Waals surface area contributed by atoms with E-state index in [9.17, 15) is 14.4 Å². The van der Waals surface area contributed by atoms with Crippen LogP contribution in [0.3, 0.4) is 0 Å². The molecule has 188 valence electrons. The first-order valence-electron chi connectivity index (χ1n) is 12.5. The summed E-state index contributed by atoms with van der Waals surface area (Å²) in [7, 11) is 4.04. The second-order valence-corrected chi connectivity index (χ2v) is 10.5. The van der Waals surface area contributed by atoms with E-state index in [1.807, 2.05) is 34.9 Å². The lowest BCUT2D eigenvalue weighted by Gasteiger charge is -2.30. The smallest absolute Gasteiger partial charge is 0.362 e. The molecule has 0 bridgehead atoms. The number of unbranched alkanes of at least 4 members (excludes halogenated alkanes) is 6. The molecule has 0 radical (unpaired) electrons. The Balaban J connectivity index is 3.67. The molecule has 0 aliphatic heterocycles. The molecule has 0 saturated heterocycles. The van der Waals surface area contributed by atoms with Crippen molar-refractivity contribution < 1.29 is 23.6 Å². The molecule has 0 heterocycles. The van der Waals surface area contributed by atoms with E-state index in [2.05, 4.69) is 17.6 Å². The van der Waals surface area contributed by atoms with Gasteiger partial charge in [0.05, 0.1) is 20.6 Å². The number of ketones is 1. The molecular formula is C25H50N3O4+. The maximum Gasteiger partial charge on any atom is 0.362 e. The SMILES string of the molecule is CCCCCCNC(=O)NCCCCCC(=O)CCCC[N+](C)(C)CC(=O)OC(C)(C)C. The molecule has 0 aliphatic carbocycles. The van der Waals surface area contributed by atoms with Crippen molar-refractivity contribution in [2.24, 2.45) is 0 Å². The first-order valence-corrected chi connectivity index (χ1v) is 12.5. The van der Waals surface area contributed by atoms with Crippen LogP contribution < -0.4 is 10.6 Å². The summed E-state index contributed by atoms with van der Waals surface area (Å²) in [6.07, 6.45) is 10.3. The third-order valence-corrected chi connectivity index (χ3v) is 5.18. The van der Waals surface area contributed by atoms with E-state index < -0.39 is 5.60 Å². The first-order chi connectivity index (χ1) is 14.9. The summed E-state index contributed by atoms with van der Waals surface area (Å²) in [6, 6.07) is -0.0921. The second kappa shape index (κ2) is 16.9. The zero-order chi connectivity index (χ0) is 24.5. The van der Waals surface area contributed by atoms with Gasteiger partial charge in [-0.25, -0.2) is 9.59 Å². The van der Waals surface area contributed by atoms with Crippen LogP contribution in [0.2, 0.25) is 0 Å². The first kappa shape index (κ1) is 30.4. The van der Waals surface area contributed by atoms with E-state index in [1.165, 1.54) is 12.8 Å². The molecule has 32 heavy (non-hydrogen) atoms. The molecule has 7 heteroatoms. The highest BCUT2D eigenvalue weighted by Crippen LogP contribution is 2.11. The van der Waals surface area contributed by atoms with Crippen molar-refractivity contribution in [1.82, 2.24) is 10.6 Å². The number of rotatable bonds is 18. The number of amides is 2. The maximum atomic E-state index is 12.1. The Morgan fingerprint density at radius 3 is 1.84 bits per heavy atom. The van der Waals surface area contributed by atoms with Gasteiger partial charge in [0.25, 0.3) is 0 Å². The summed E-state index contributed by atoms with van der Waals surface area (Å²) in [4.78, 5) is 35.7. The molecule has 0 aromatic carbocycles. The van der Waals surface area contributed by atoms with Crippen LogP contribution >= 0.6 is 0 Å². The van der Waals surface area contributed by atoms with Crippen LogP contribution in [0.1, 0.15) is 98.3 Å². The van der Waals surface area contributed by atoms with Gasteiger partial charge >= 0.3 is 12.0 Å². The Morgan fingerprint density at radius 1 is 0.781 bits per heavy atom. The van der Waals surface area contributed by atoms with E-state index in [-0.39, 0.29) is 12.0 Å². The number of quaternary nitrogens is 1. The lowest BCUT2D eigenvalue weighted by molar-refractivity contribution is -0.883. The Labute approximate surface area is 196 Å². The summed E-state index contributed by atoms with van der Waals surface area (Å²) in [5.74, 6) is 0.123. The fourth-order valence-electron chi connectivity index (χ4n) is 3.43. The summed E-state index contributed by atoms with van der Waals surface area (Å²) < 4.78 is 5.97. The van der Waals surface area contributed by atoms with Crippen molar-refractivity contribution in [3.8, 4) is 0 Å². The van der Waals surface area contributed by atoms with Gasteiger partial charge in [-0.15, -0.1) is 0 Å². The maximum absolute atomic E-state index is 12.1. The van der Waals surface area contributed by atoms with Crippen molar-refractivity contribution >= 4 is 17.8 Å². The van der Waals surface area contributed by atoms with E-state index >= 15 is 0 Å². The predicted molar refractivity (Wildman–Crippen MR) is 131 cm³/mol. The van der Waals surface area contributed by atoms with Gasteiger partial charge in [-0.05, 0) is 52.9 Å². The van der Waals surface area contributed by atoms with Crippen molar-refractivity contribution in [1.29, 1.82) is 0 Å². The molecule has 0 spiro atoms. The Morgan fingerprint density at radius 2 is 1.31 bits per heavy atom. The van der Waals surface area contributed by atoms with Crippen molar-refractivity contribution in [3.05, 3.63) is 0 Å². The van der Waals surface area contributed by atoms with E-state index in [0.29, 0.717) is 36.2 Å². The zero-order valence-corrected chi connectivity index (χ0v) is 21.7. The van der Waals surface area contributed by atoms with Crippen molar-refractivity contribution in [2.75, 3.05) is 40.3 Å². The number of hydrogen-bond acceptors (Lipinski definition) is 4. The lowest BCUT2D eigenvalue weighted by Crippen LogP contribution is -2.46. The van der Waals surface area contributed by atoms with Gasteiger partial charge in [0, 0.05) is 25.9 Å². The number of nitrogens with one attached hydrogen (secondary N) is 2. The minimum Gasteiger partial charge on any atom is -0.456 e. The highest BCUT2D eigenvalue weighted by molar-refractivity contribution is 5.78. The number of Topliss-reactive ketones (excluding diaryl/α,β-unsaturated/α-hetero) is 1. The minimum atomic E-state index is -0.458. The number of esters is 1. The van der Waals surface area contributed by atoms with Crippen LogP contribution in [0.25, 0.3) is 0 Å². The van der Waals surface area contributed by atoms with Crippen LogP contribution in [-0.2, 0) is 14.3 Å². The molecule has 7 nitrogen and oxygen atoms in total. The number of carbonyl (C=O) groups excluding carboxylic acids is 3. The summed E-state index contributed by atoms with van der Waals surface area (Å²) in [5, 5.41) is 5.75. The zero-order valence-electron chi connectivity index (χ0n) is 21.7. The molecule has 0 aromatic rings. The van der Waals surface area contributed by atoms with Crippen LogP contribution in [0.5, 0.6) is 0 Å². The number of nitrogens with zero attached hydrogens (tertiary/aromatic N) is 1. The van der Waals surface area contributed by atoms with Crippen molar-refractivity contribution in [3.63, 3.8) is 0 Å². The molecule has 0 rings (SSSR count). The molecule has 0 aliphatic rings. The number of hydrogen-bond donors (Lipinski definition) is 2. The quantitative estimate of drug-likeness (QED) is 0.180. The Kier molecular flexibility index (Phi) is 16.1. The summed E-state index contributed by atoms with van der Waals surface area (Å²) in [6.45, 7) is 10.4. The molecular weight excluding hydrogens is 406 g/mol. The fraction of sp³-hybridized carbons (Fsp3) is 0.880. The number of ether oxygens (including phenoxy) is 1. The molecule has 0 aromatic heterocycles. The number of carbonyl (C=O) groups is 3. The molecule has 2 amide bonds. The highest BCUT2D eigenvalue weighted by Gasteiger charge is 2.24. The highest BCUT2D eigenvalue weighted by atomic mass is 16.6. The minimum absolute atomic E-state index is 0.0921. The Hall–Kier alpha value is -1.63. The molecule has 0 atom stereocenters. The van der Waals surface area contributed by atoms with E-state index in [4.69, 9.17) is 4.74 Å². The van der Waals surface area contributed by atoms with Gasteiger partial charge in [-0.3, -0.25) is 4.79 Å². The van der Waals surface area contributed by atoms with Gasteiger partial charge in [0.15, 0.2) is 6.54 Å². The normalized spacial score (nSPS) is 11.8. The van der Waals surface area contributed by atoms with Crippen LogP contribution in [0, 0.1) is 0 Å². The Bertz CT molecular complexity index is 542. The largest absolute Gasteiger partial charge is 0.456 e. The molecule has 0 saturated carbocycles. The van der Waals surface area contributed by atoms with Crippen LogP contribution in [-0.4, -0.2) is 68.1 Å². The number of likely N-dealkylation sites (N-methyl/N-ethyl adjacent to an activating group) is 1. The average molecular weight is 457 g/mol. The third kappa shape index (κ3) is 20.3. The number of urea groups is 1. The van der Waals surface area contributed by atoms with E-state index in [1.54, 1.807) is 0 Å². The average Bonchev–Trinajstić information content (AvgIpc) is 2.65. The van der Waals surface area contributed by atoms with Crippen LogP contribution in [0.4, 0.5) is 4.79 Å². The fourth-order valence-corrected chi connectivity index (χ4v) is 3.43. The van der Waals surface area contributed by atoms with E-state index in [0.717, 1.165) is 58.0 Å². The topological polar surface area (TPSA) is 84.5 Å². The predicted octanol–water partition coefficient (Wildman–Crippen LogP) is 4.58. The van der Waals surface area contributed by atoms with Gasteiger partial charge in [-0.2, -0.15) is 0 Å². The standard InChI is InChI=1S/C25H49N3O4/c1-7-8-9-13-18-26-24(31)27-19-14-10-11-16-22(29)17-12-15-20-28(5,6)21-23(30)32-25(2,3)4/h7-21H2,1-6H3,(H-,26,27,31)/p+1. The second-order valence-electron chi connectivity index (χ2n) is 10.5. The summed E-state index contributed by atoms with van der Waals surface area (Å²) in [5.41, 5.74) is -0.458. The van der Waals surface area contributed by atoms with Gasteiger partial charge in [0.2, 0.25) is 0 Å². The van der Waals surface area contributed by atoms with Gasteiger partial charge in [0.1, 0.15) is 11.4 Å². The molecule has 0 unspecified atom stereocenters. The van der Waals surface area contributed by atoms with Crippen LogP contribution in [0.15, 0.2) is 0 Å². The molecule has 0 fully saturated rings. The molecule has 2 N–H and O–H groups in total. The van der Waals surface area contributed by atoms with Gasteiger partial charge < -0.3 is 19.9 Å². The summed E-state index contributed by atoms with van der Waals surface area (Å²) >= 11 is 0. The van der Waals surface area contributed by atoms with Crippen molar-refractivity contribution in [2.45, 2.75) is 104 Å². The van der Waals surface area contributed by atoms with Gasteiger partial charge in [-0.1, -0.05) is 32.6 Å². The lowest BCUT2D eigenvalue weighted by atomic mass is 10.1.